The molecule has 6 heteroatoms. The van der Waals surface area contributed by atoms with Gasteiger partial charge in [0.15, 0.2) is 5.16 Å². The number of carbonyl (C=O) groups is 1. The van der Waals surface area contributed by atoms with Crippen molar-refractivity contribution in [3.8, 4) is 0 Å². The summed E-state index contributed by atoms with van der Waals surface area (Å²) in [6.45, 7) is 5.23. The number of hydrogen-bond acceptors (Lipinski definition) is 4. The van der Waals surface area contributed by atoms with Crippen molar-refractivity contribution in [1.29, 1.82) is 0 Å². The number of carboxylic acids is 1. The van der Waals surface area contributed by atoms with E-state index in [1.165, 1.54) is 11.8 Å². The highest BCUT2D eigenvalue weighted by Crippen LogP contribution is 2.25. The summed E-state index contributed by atoms with van der Waals surface area (Å²) in [5, 5.41) is 9.61. The maximum atomic E-state index is 10.8. The number of carboxylic acid groups (broad SMARTS) is 1. The lowest BCUT2D eigenvalue weighted by atomic mass is 10.0. The van der Waals surface area contributed by atoms with E-state index in [4.69, 9.17) is 5.11 Å². The van der Waals surface area contributed by atoms with Gasteiger partial charge in [-0.15, -0.1) is 0 Å². The molecule has 2 rings (SSSR count). The van der Waals surface area contributed by atoms with Crippen molar-refractivity contribution in [2.24, 2.45) is 5.92 Å². The van der Waals surface area contributed by atoms with Crippen LogP contribution in [0.25, 0.3) is 11.0 Å². The first-order valence-electron chi connectivity index (χ1n) is 6.80. The number of nitrogens with zero attached hydrogens (tertiary/aromatic N) is 3. The maximum absolute atomic E-state index is 10.8. The molecule has 0 unspecified atom stereocenters. The average Bonchev–Trinajstić information content (AvgIpc) is 2.80. The first-order chi connectivity index (χ1) is 9.65. The van der Waals surface area contributed by atoms with Crippen molar-refractivity contribution in [3.05, 3.63) is 18.5 Å². The number of thioether (sulfide) groups is 1. The van der Waals surface area contributed by atoms with Crippen molar-refractivity contribution < 1.29 is 9.90 Å². The lowest BCUT2D eigenvalue weighted by Gasteiger charge is -2.15. The van der Waals surface area contributed by atoms with E-state index >= 15 is 0 Å². The fraction of sp³-hybridized carbons (Fsp3) is 0.500. The molecule has 20 heavy (non-hydrogen) atoms. The van der Waals surface area contributed by atoms with Gasteiger partial charge in [0.25, 0.3) is 0 Å². The Balaban J connectivity index is 2.36. The van der Waals surface area contributed by atoms with Gasteiger partial charge in [0.1, 0.15) is 5.52 Å². The maximum Gasteiger partial charge on any atom is 0.313 e. The summed E-state index contributed by atoms with van der Waals surface area (Å²) in [5.41, 5.74) is 1.85. The summed E-state index contributed by atoms with van der Waals surface area (Å²) in [6, 6.07) is 1.94. The Morgan fingerprint density at radius 1 is 1.45 bits per heavy atom. The number of rotatable bonds is 7. The molecule has 0 saturated heterocycles. The van der Waals surface area contributed by atoms with Crippen molar-refractivity contribution in [2.75, 3.05) is 5.75 Å². The minimum atomic E-state index is -0.825. The van der Waals surface area contributed by atoms with E-state index in [2.05, 4.69) is 28.4 Å². The van der Waals surface area contributed by atoms with Gasteiger partial charge in [0, 0.05) is 12.7 Å². The molecule has 5 nitrogen and oxygen atoms in total. The molecule has 0 bridgehead atoms. The van der Waals surface area contributed by atoms with E-state index in [0.29, 0.717) is 5.92 Å². The summed E-state index contributed by atoms with van der Waals surface area (Å²) in [6.07, 6.45) is 5.68. The van der Waals surface area contributed by atoms with Crippen LogP contribution in [-0.2, 0) is 11.3 Å². The quantitative estimate of drug-likeness (QED) is 0.795. The normalized spacial score (nSPS) is 11.3. The Labute approximate surface area is 122 Å². The van der Waals surface area contributed by atoms with Crippen LogP contribution in [0.4, 0.5) is 0 Å². The second-order valence-corrected chi connectivity index (χ2v) is 5.68. The van der Waals surface area contributed by atoms with Gasteiger partial charge in [-0.25, -0.2) is 4.98 Å². The Morgan fingerprint density at radius 3 is 2.85 bits per heavy atom. The summed E-state index contributed by atoms with van der Waals surface area (Å²) >= 11 is 1.27. The highest BCUT2D eigenvalue weighted by atomic mass is 32.2. The van der Waals surface area contributed by atoms with Crippen LogP contribution in [0.1, 0.15) is 26.7 Å². The van der Waals surface area contributed by atoms with Gasteiger partial charge in [0.2, 0.25) is 0 Å². The van der Waals surface area contributed by atoms with Gasteiger partial charge < -0.3 is 9.67 Å². The molecule has 0 fully saturated rings. The molecule has 0 aliphatic rings. The van der Waals surface area contributed by atoms with Gasteiger partial charge in [-0.3, -0.25) is 9.78 Å². The second kappa shape index (κ2) is 6.74. The van der Waals surface area contributed by atoms with Crippen molar-refractivity contribution in [2.45, 2.75) is 38.4 Å². The highest BCUT2D eigenvalue weighted by molar-refractivity contribution is 7.99. The van der Waals surface area contributed by atoms with Crippen molar-refractivity contribution >= 4 is 28.8 Å². The first kappa shape index (κ1) is 14.8. The first-order valence-corrected chi connectivity index (χ1v) is 7.79. The number of pyridine rings is 1. The SMILES string of the molecule is CCC(CC)Cn1c(SCC(=O)O)nc2cnccc21. The highest BCUT2D eigenvalue weighted by Gasteiger charge is 2.15. The molecule has 0 radical (unpaired) electrons. The number of hydrogen-bond donors (Lipinski definition) is 1. The second-order valence-electron chi connectivity index (χ2n) is 4.73. The molecule has 0 amide bonds. The van der Waals surface area contributed by atoms with Crippen LogP contribution in [0.5, 0.6) is 0 Å². The summed E-state index contributed by atoms with van der Waals surface area (Å²) in [7, 11) is 0. The van der Waals surface area contributed by atoms with E-state index in [0.717, 1.165) is 35.6 Å². The van der Waals surface area contributed by atoms with E-state index in [1.54, 1.807) is 12.4 Å². The third-order valence-electron chi connectivity index (χ3n) is 3.44. The van der Waals surface area contributed by atoms with E-state index in [-0.39, 0.29) is 5.75 Å². The molecule has 2 aromatic heterocycles. The predicted molar refractivity (Wildman–Crippen MR) is 80.0 cm³/mol. The van der Waals surface area contributed by atoms with Gasteiger partial charge in [0.05, 0.1) is 17.5 Å². The minimum Gasteiger partial charge on any atom is -0.481 e. The van der Waals surface area contributed by atoms with Gasteiger partial charge in [-0.2, -0.15) is 0 Å². The lowest BCUT2D eigenvalue weighted by molar-refractivity contribution is -0.133. The third-order valence-corrected chi connectivity index (χ3v) is 4.40. The van der Waals surface area contributed by atoms with Crippen LogP contribution in [-0.4, -0.2) is 31.4 Å². The molecule has 0 aliphatic heterocycles. The zero-order valence-corrected chi connectivity index (χ0v) is 12.6. The van der Waals surface area contributed by atoms with Gasteiger partial charge in [-0.05, 0) is 12.0 Å². The molecule has 0 atom stereocenters. The fourth-order valence-electron chi connectivity index (χ4n) is 2.18. The van der Waals surface area contributed by atoms with E-state index in [9.17, 15) is 4.79 Å². The Morgan fingerprint density at radius 2 is 2.20 bits per heavy atom. The molecule has 0 saturated carbocycles. The zero-order valence-electron chi connectivity index (χ0n) is 11.7. The molecule has 2 aromatic rings. The monoisotopic (exact) mass is 293 g/mol. The summed E-state index contributed by atoms with van der Waals surface area (Å²) < 4.78 is 2.13. The molecule has 0 spiro atoms. The van der Waals surface area contributed by atoms with Crippen LogP contribution in [0, 0.1) is 5.92 Å². The third kappa shape index (κ3) is 3.30. The molecule has 1 N–H and O–H groups in total. The molecular formula is C14H19N3O2S. The number of aromatic nitrogens is 3. The van der Waals surface area contributed by atoms with Crippen LogP contribution < -0.4 is 0 Å². The standard InChI is InChI=1S/C14H19N3O2S/c1-3-10(4-2)8-17-12-5-6-15-7-11(12)16-14(17)20-9-13(18)19/h5-7,10H,3-4,8-9H2,1-2H3,(H,18,19). The van der Waals surface area contributed by atoms with Crippen LogP contribution in [0.3, 0.4) is 0 Å². The Kier molecular flexibility index (Phi) is 5.00. The predicted octanol–water partition coefficient (Wildman–Crippen LogP) is 3.04. The number of aliphatic carboxylic acids is 1. The van der Waals surface area contributed by atoms with Crippen LogP contribution in [0.15, 0.2) is 23.6 Å². The van der Waals surface area contributed by atoms with E-state index in [1.807, 2.05) is 6.07 Å². The summed E-state index contributed by atoms with van der Waals surface area (Å²) in [5.74, 6) is -0.223. The van der Waals surface area contributed by atoms with Crippen LogP contribution in [0.2, 0.25) is 0 Å². The largest absolute Gasteiger partial charge is 0.481 e. The number of fused-ring (bicyclic) bond motifs is 1. The van der Waals surface area contributed by atoms with Crippen LogP contribution >= 0.6 is 11.8 Å². The molecule has 2 heterocycles. The Hall–Kier alpha value is -1.56. The van der Waals surface area contributed by atoms with Gasteiger partial charge in [-0.1, -0.05) is 38.5 Å². The van der Waals surface area contributed by atoms with Crippen molar-refractivity contribution in [1.82, 2.24) is 14.5 Å². The Bertz CT molecular complexity index is 593. The van der Waals surface area contributed by atoms with E-state index < -0.39 is 5.97 Å². The average molecular weight is 293 g/mol. The smallest absolute Gasteiger partial charge is 0.313 e. The molecular weight excluding hydrogens is 274 g/mol. The number of imidazole rings is 1. The minimum absolute atomic E-state index is 0.0274. The van der Waals surface area contributed by atoms with Gasteiger partial charge >= 0.3 is 5.97 Å². The topological polar surface area (TPSA) is 68.0 Å². The molecule has 0 aromatic carbocycles. The fourth-order valence-corrected chi connectivity index (χ4v) is 2.92. The zero-order chi connectivity index (χ0) is 14.5. The molecule has 0 aliphatic carbocycles. The summed E-state index contributed by atoms with van der Waals surface area (Å²) in [4.78, 5) is 19.4. The lowest BCUT2D eigenvalue weighted by Crippen LogP contribution is -2.11. The van der Waals surface area contributed by atoms with Crippen molar-refractivity contribution in [3.63, 3.8) is 0 Å². The molecule has 108 valence electrons.